The molecule has 6 nitrogen and oxygen atoms in total. The lowest BCUT2D eigenvalue weighted by Crippen LogP contribution is -2.38. The summed E-state index contributed by atoms with van der Waals surface area (Å²) in [5, 5.41) is 0. The van der Waals surface area contributed by atoms with Gasteiger partial charge in [-0.3, -0.25) is 9.88 Å². The van der Waals surface area contributed by atoms with E-state index in [-0.39, 0.29) is 18.2 Å². The maximum atomic E-state index is 12.2. The molecule has 3 heterocycles. The van der Waals surface area contributed by atoms with Crippen molar-refractivity contribution in [3.63, 3.8) is 0 Å². The summed E-state index contributed by atoms with van der Waals surface area (Å²) in [6, 6.07) is 12.3. The molecule has 1 amide bonds. The van der Waals surface area contributed by atoms with E-state index in [0.717, 1.165) is 44.8 Å². The van der Waals surface area contributed by atoms with Crippen molar-refractivity contribution in [3.8, 4) is 5.75 Å². The van der Waals surface area contributed by atoms with E-state index in [1.54, 1.807) is 13.3 Å². The normalized spacial score (nSPS) is 22.0. The highest BCUT2D eigenvalue weighted by Gasteiger charge is 2.47. The Kier molecular flexibility index (Phi) is 5.25. The standard InChI is InChI=1S/C21H25N3O3/c1-26-18-8-6-16(7-9-18)5-3-11-24-19-14-23(15-20(19)27-21(24)25)13-17-4-2-10-22-12-17/h2,4,6-10,12,19-20H,3,5,11,13-15H2,1H3/t19-,20+/m1/s1. The molecule has 0 aliphatic carbocycles. The Labute approximate surface area is 159 Å². The fraction of sp³-hybridized carbons (Fsp3) is 0.429. The molecule has 2 atom stereocenters. The quantitative estimate of drug-likeness (QED) is 0.753. The fourth-order valence-electron chi connectivity index (χ4n) is 3.96. The van der Waals surface area contributed by atoms with Crippen LogP contribution in [0.3, 0.4) is 0 Å². The van der Waals surface area contributed by atoms with Crippen LogP contribution in [0.15, 0.2) is 48.8 Å². The first-order chi connectivity index (χ1) is 13.2. The lowest BCUT2D eigenvalue weighted by atomic mass is 10.1. The third-order valence-electron chi connectivity index (χ3n) is 5.35. The van der Waals surface area contributed by atoms with Gasteiger partial charge in [0.1, 0.15) is 11.9 Å². The monoisotopic (exact) mass is 367 g/mol. The smallest absolute Gasteiger partial charge is 0.410 e. The summed E-state index contributed by atoms with van der Waals surface area (Å²) in [6.07, 6.45) is 5.36. The number of hydrogen-bond donors (Lipinski definition) is 0. The van der Waals surface area contributed by atoms with Crippen LogP contribution in [0.2, 0.25) is 0 Å². The highest BCUT2D eigenvalue weighted by molar-refractivity contribution is 5.71. The first-order valence-corrected chi connectivity index (χ1v) is 9.44. The lowest BCUT2D eigenvalue weighted by molar-refractivity contribution is 0.120. The number of hydrogen-bond acceptors (Lipinski definition) is 5. The van der Waals surface area contributed by atoms with Gasteiger partial charge in [0.05, 0.1) is 13.2 Å². The van der Waals surface area contributed by atoms with E-state index >= 15 is 0 Å². The first-order valence-electron chi connectivity index (χ1n) is 9.44. The third kappa shape index (κ3) is 4.06. The number of carbonyl (C=O) groups excluding carboxylic acids is 1. The number of methoxy groups -OCH3 is 1. The molecule has 2 aliphatic heterocycles. The Morgan fingerprint density at radius 1 is 1.19 bits per heavy atom. The Balaban J connectivity index is 1.29. The van der Waals surface area contributed by atoms with E-state index in [1.165, 1.54) is 11.1 Å². The number of aromatic nitrogens is 1. The molecule has 2 aliphatic rings. The number of fused-ring (bicyclic) bond motifs is 1. The minimum atomic E-state index is -0.166. The van der Waals surface area contributed by atoms with Gasteiger partial charge in [0.15, 0.2) is 0 Å². The van der Waals surface area contributed by atoms with Crippen LogP contribution >= 0.6 is 0 Å². The van der Waals surface area contributed by atoms with Gasteiger partial charge in [-0.15, -0.1) is 0 Å². The number of nitrogens with zero attached hydrogens (tertiary/aromatic N) is 3. The molecule has 2 fully saturated rings. The first kappa shape index (κ1) is 17.8. The lowest BCUT2D eigenvalue weighted by Gasteiger charge is -2.22. The zero-order valence-electron chi connectivity index (χ0n) is 15.6. The van der Waals surface area contributed by atoms with Crippen molar-refractivity contribution in [2.45, 2.75) is 31.5 Å². The van der Waals surface area contributed by atoms with Gasteiger partial charge in [0.25, 0.3) is 0 Å². The highest BCUT2D eigenvalue weighted by atomic mass is 16.6. The molecule has 1 aromatic heterocycles. The number of benzene rings is 1. The molecule has 2 aromatic rings. The van der Waals surface area contributed by atoms with Crippen LogP contribution in [0.25, 0.3) is 0 Å². The van der Waals surface area contributed by atoms with Gasteiger partial charge in [0.2, 0.25) is 0 Å². The molecule has 2 saturated heterocycles. The van der Waals surface area contributed by atoms with Crippen molar-refractivity contribution in [2.75, 3.05) is 26.7 Å². The van der Waals surface area contributed by atoms with Crippen LogP contribution < -0.4 is 4.74 Å². The molecule has 4 rings (SSSR count). The van der Waals surface area contributed by atoms with Crippen LogP contribution in [0.4, 0.5) is 4.79 Å². The SMILES string of the molecule is COc1ccc(CCCN2C(=O)O[C@H]3CN(Cc4cccnc4)C[C@H]32)cc1. The Morgan fingerprint density at radius 3 is 2.78 bits per heavy atom. The summed E-state index contributed by atoms with van der Waals surface area (Å²) in [7, 11) is 1.67. The van der Waals surface area contributed by atoms with E-state index in [1.807, 2.05) is 29.3 Å². The maximum absolute atomic E-state index is 12.2. The molecule has 0 N–H and O–H groups in total. The van der Waals surface area contributed by atoms with Crippen molar-refractivity contribution in [1.29, 1.82) is 0 Å². The molecule has 0 saturated carbocycles. The van der Waals surface area contributed by atoms with Crippen LogP contribution in [0, 0.1) is 0 Å². The van der Waals surface area contributed by atoms with Crippen LogP contribution in [-0.2, 0) is 17.7 Å². The van der Waals surface area contributed by atoms with Gasteiger partial charge in [0, 0.05) is 38.6 Å². The topological polar surface area (TPSA) is 54.9 Å². The average Bonchev–Trinajstić information content (AvgIpc) is 3.20. The number of likely N-dealkylation sites (tertiary alicyclic amines) is 1. The largest absolute Gasteiger partial charge is 0.497 e. The predicted octanol–water partition coefficient (Wildman–Crippen LogP) is 2.73. The summed E-state index contributed by atoms with van der Waals surface area (Å²) in [5.74, 6) is 0.865. The molecule has 0 unspecified atom stereocenters. The van der Waals surface area contributed by atoms with Gasteiger partial charge in [-0.05, 0) is 42.2 Å². The second-order valence-electron chi connectivity index (χ2n) is 7.19. The van der Waals surface area contributed by atoms with Gasteiger partial charge < -0.3 is 14.4 Å². The minimum Gasteiger partial charge on any atom is -0.497 e. The predicted molar refractivity (Wildman–Crippen MR) is 102 cm³/mol. The molecular weight excluding hydrogens is 342 g/mol. The summed E-state index contributed by atoms with van der Waals surface area (Å²) < 4.78 is 10.8. The number of rotatable bonds is 7. The van der Waals surface area contributed by atoms with E-state index in [9.17, 15) is 4.79 Å². The zero-order valence-corrected chi connectivity index (χ0v) is 15.6. The molecular formula is C21H25N3O3. The van der Waals surface area contributed by atoms with Crippen LogP contribution in [-0.4, -0.2) is 59.8 Å². The maximum Gasteiger partial charge on any atom is 0.410 e. The summed E-state index contributed by atoms with van der Waals surface area (Å²) in [6.45, 7) is 3.22. The van der Waals surface area contributed by atoms with Crippen molar-refractivity contribution < 1.29 is 14.3 Å². The summed E-state index contributed by atoms with van der Waals surface area (Å²) in [5.41, 5.74) is 2.44. The Morgan fingerprint density at radius 2 is 2.04 bits per heavy atom. The Bertz CT molecular complexity index is 766. The van der Waals surface area contributed by atoms with Gasteiger partial charge in [-0.1, -0.05) is 18.2 Å². The molecule has 1 aromatic carbocycles. The van der Waals surface area contributed by atoms with Crippen molar-refractivity contribution in [1.82, 2.24) is 14.8 Å². The molecule has 27 heavy (non-hydrogen) atoms. The number of pyridine rings is 1. The molecule has 142 valence electrons. The number of aryl methyl sites for hydroxylation is 1. The highest BCUT2D eigenvalue weighted by Crippen LogP contribution is 2.28. The summed E-state index contributed by atoms with van der Waals surface area (Å²) >= 11 is 0. The van der Waals surface area contributed by atoms with E-state index < -0.39 is 0 Å². The molecule has 0 bridgehead atoms. The second-order valence-corrected chi connectivity index (χ2v) is 7.19. The number of amides is 1. The fourth-order valence-corrected chi connectivity index (χ4v) is 3.96. The van der Waals surface area contributed by atoms with Gasteiger partial charge >= 0.3 is 6.09 Å². The summed E-state index contributed by atoms with van der Waals surface area (Å²) in [4.78, 5) is 20.7. The molecule has 0 spiro atoms. The van der Waals surface area contributed by atoms with Crippen molar-refractivity contribution in [3.05, 3.63) is 59.9 Å². The van der Waals surface area contributed by atoms with E-state index in [2.05, 4.69) is 28.1 Å². The second kappa shape index (κ2) is 7.96. The number of ether oxygens (including phenoxy) is 2. The average molecular weight is 367 g/mol. The van der Waals surface area contributed by atoms with Crippen molar-refractivity contribution >= 4 is 6.09 Å². The molecule has 6 heteroatoms. The minimum absolute atomic E-state index is 0.0184. The zero-order chi connectivity index (χ0) is 18.6. The van der Waals surface area contributed by atoms with Crippen molar-refractivity contribution in [2.24, 2.45) is 0 Å². The van der Waals surface area contributed by atoms with Gasteiger partial charge in [-0.25, -0.2) is 4.79 Å². The van der Waals surface area contributed by atoms with Crippen LogP contribution in [0.5, 0.6) is 5.75 Å². The van der Waals surface area contributed by atoms with E-state index in [4.69, 9.17) is 9.47 Å². The van der Waals surface area contributed by atoms with Crippen LogP contribution in [0.1, 0.15) is 17.5 Å². The van der Waals surface area contributed by atoms with Gasteiger partial charge in [-0.2, -0.15) is 0 Å². The van der Waals surface area contributed by atoms with E-state index in [0.29, 0.717) is 0 Å². The molecule has 0 radical (unpaired) electrons. The third-order valence-corrected chi connectivity index (χ3v) is 5.35. The Hall–Kier alpha value is -2.60. The number of carbonyl (C=O) groups is 1.